The normalized spacial score (nSPS) is 16.0. The summed E-state index contributed by atoms with van der Waals surface area (Å²) in [5.74, 6) is 0.590. The molecule has 1 amide bonds. The van der Waals surface area contributed by atoms with Crippen LogP contribution in [0.4, 0.5) is 5.69 Å². The van der Waals surface area contributed by atoms with Crippen molar-refractivity contribution in [3.63, 3.8) is 0 Å². The first kappa shape index (κ1) is 16.7. The highest BCUT2D eigenvalue weighted by molar-refractivity contribution is 5.78. The molecule has 1 saturated heterocycles. The molecule has 0 spiro atoms. The van der Waals surface area contributed by atoms with Gasteiger partial charge in [-0.05, 0) is 30.9 Å². The average Bonchev–Trinajstić information content (AvgIpc) is 3.31. The van der Waals surface area contributed by atoms with Crippen LogP contribution in [-0.4, -0.2) is 37.0 Å². The quantitative estimate of drug-likeness (QED) is 0.824. The number of benzene rings is 1. The van der Waals surface area contributed by atoms with E-state index in [2.05, 4.69) is 17.0 Å². The van der Waals surface area contributed by atoms with Gasteiger partial charge < -0.3 is 19.0 Å². The first-order valence-corrected chi connectivity index (χ1v) is 9.06. The van der Waals surface area contributed by atoms with Crippen molar-refractivity contribution in [2.45, 2.75) is 25.8 Å². The Bertz CT molecular complexity index is 855. The molecule has 0 aliphatic carbocycles. The van der Waals surface area contributed by atoms with Gasteiger partial charge in [0.1, 0.15) is 12.0 Å². The van der Waals surface area contributed by atoms with Crippen LogP contribution in [0, 0.1) is 0 Å². The highest BCUT2D eigenvalue weighted by Gasteiger charge is 2.21. The zero-order valence-corrected chi connectivity index (χ0v) is 14.6. The number of fused-ring (bicyclic) bond motifs is 1. The van der Waals surface area contributed by atoms with Crippen LogP contribution in [-0.2, 0) is 17.8 Å². The number of amides is 1. The van der Waals surface area contributed by atoms with Gasteiger partial charge in [-0.2, -0.15) is 0 Å². The van der Waals surface area contributed by atoms with Crippen LogP contribution in [0.1, 0.15) is 24.2 Å². The summed E-state index contributed by atoms with van der Waals surface area (Å²) in [6, 6.07) is 9.72. The maximum Gasteiger partial charge on any atom is 0.260 e. The molecule has 0 N–H and O–H groups in total. The second-order valence-electron chi connectivity index (χ2n) is 6.75. The van der Waals surface area contributed by atoms with Gasteiger partial charge in [0, 0.05) is 31.4 Å². The van der Waals surface area contributed by atoms with Crippen LogP contribution in [0.3, 0.4) is 0 Å². The molecule has 0 radical (unpaired) electrons. The maximum absolute atomic E-state index is 12.3. The molecule has 0 atom stereocenters. The Morgan fingerprint density at radius 2 is 1.96 bits per heavy atom. The minimum absolute atomic E-state index is 0.0837. The van der Waals surface area contributed by atoms with Gasteiger partial charge in [-0.25, -0.2) is 0 Å². The van der Waals surface area contributed by atoms with E-state index in [9.17, 15) is 9.59 Å². The number of rotatable bonds is 5. The number of carbonyl (C=O) groups excluding carboxylic acids is 1. The summed E-state index contributed by atoms with van der Waals surface area (Å²) in [5, 5.41) is 0. The summed E-state index contributed by atoms with van der Waals surface area (Å²) < 4.78 is 11.0. The van der Waals surface area contributed by atoms with Crippen LogP contribution >= 0.6 is 0 Å². The lowest BCUT2D eigenvalue weighted by molar-refractivity contribution is -0.132. The predicted molar refractivity (Wildman–Crippen MR) is 97.5 cm³/mol. The second-order valence-corrected chi connectivity index (χ2v) is 6.75. The number of hydrogen-bond donors (Lipinski definition) is 0. The number of nitrogens with zero attached hydrogens (tertiary/aromatic N) is 2. The third kappa shape index (κ3) is 3.45. The third-order valence-corrected chi connectivity index (χ3v) is 4.99. The zero-order chi connectivity index (χ0) is 17.9. The highest BCUT2D eigenvalue weighted by atomic mass is 16.5. The molecule has 6 heteroatoms. The zero-order valence-electron chi connectivity index (χ0n) is 14.6. The van der Waals surface area contributed by atoms with Crippen LogP contribution in [0.25, 0.3) is 0 Å². The fraction of sp³-hybridized carbons (Fsp3) is 0.400. The lowest BCUT2D eigenvalue weighted by atomic mass is 10.2. The summed E-state index contributed by atoms with van der Waals surface area (Å²) in [4.78, 5) is 28.2. The summed E-state index contributed by atoms with van der Waals surface area (Å²) in [6.45, 7) is 2.87. The second kappa shape index (κ2) is 7.23. The molecule has 1 aromatic carbocycles. The van der Waals surface area contributed by atoms with E-state index in [1.165, 1.54) is 23.6 Å². The molecule has 2 aliphatic heterocycles. The van der Waals surface area contributed by atoms with Gasteiger partial charge in [0.2, 0.25) is 11.2 Å². The molecular weight excluding hydrogens is 332 g/mol. The van der Waals surface area contributed by atoms with Gasteiger partial charge in [-0.15, -0.1) is 0 Å². The number of anilines is 1. The van der Waals surface area contributed by atoms with Crippen molar-refractivity contribution in [2.75, 3.05) is 31.1 Å². The summed E-state index contributed by atoms with van der Waals surface area (Å²) >= 11 is 0. The third-order valence-electron chi connectivity index (χ3n) is 4.99. The standard InChI is InChI=1S/C20H22N2O4/c23-18-11-16(12-22-10-7-15-5-1-2-6-17(15)22)25-13-19(18)26-14-20(24)21-8-3-4-9-21/h1-2,5-6,11,13H,3-4,7-10,12,14H2. The van der Waals surface area contributed by atoms with Crippen molar-refractivity contribution >= 4 is 11.6 Å². The largest absolute Gasteiger partial charge is 0.477 e. The molecule has 1 fully saturated rings. The Morgan fingerprint density at radius 3 is 2.77 bits per heavy atom. The Hall–Kier alpha value is -2.76. The molecule has 26 heavy (non-hydrogen) atoms. The van der Waals surface area contributed by atoms with E-state index in [0.717, 1.165) is 38.9 Å². The van der Waals surface area contributed by atoms with Crippen molar-refractivity contribution in [1.29, 1.82) is 0 Å². The average molecular weight is 354 g/mol. The van der Waals surface area contributed by atoms with Crippen molar-refractivity contribution in [3.05, 3.63) is 58.1 Å². The lowest BCUT2D eigenvalue weighted by Crippen LogP contribution is -2.32. The van der Waals surface area contributed by atoms with Gasteiger partial charge in [-0.3, -0.25) is 9.59 Å². The highest BCUT2D eigenvalue weighted by Crippen LogP contribution is 2.28. The smallest absolute Gasteiger partial charge is 0.260 e. The molecule has 2 aromatic rings. The van der Waals surface area contributed by atoms with Crippen molar-refractivity contribution in [1.82, 2.24) is 4.90 Å². The van der Waals surface area contributed by atoms with Crippen LogP contribution in [0.5, 0.6) is 5.75 Å². The van der Waals surface area contributed by atoms with E-state index in [1.807, 2.05) is 12.1 Å². The van der Waals surface area contributed by atoms with Gasteiger partial charge in [0.15, 0.2) is 6.61 Å². The van der Waals surface area contributed by atoms with E-state index in [-0.39, 0.29) is 23.7 Å². The van der Waals surface area contributed by atoms with Crippen LogP contribution in [0.15, 0.2) is 45.8 Å². The Balaban J connectivity index is 1.39. The van der Waals surface area contributed by atoms with Crippen molar-refractivity contribution in [2.24, 2.45) is 0 Å². The molecule has 2 aliphatic rings. The maximum atomic E-state index is 12.3. The molecule has 6 nitrogen and oxygen atoms in total. The van der Waals surface area contributed by atoms with E-state index < -0.39 is 0 Å². The van der Waals surface area contributed by atoms with Crippen molar-refractivity contribution < 1.29 is 13.9 Å². The number of ether oxygens (including phenoxy) is 1. The van der Waals surface area contributed by atoms with Gasteiger partial charge in [0.05, 0.1) is 6.54 Å². The minimum Gasteiger partial charge on any atom is -0.477 e. The van der Waals surface area contributed by atoms with E-state index in [4.69, 9.17) is 9.15 Å². The Labute approximate surface area is 152 Å². The fourth-order valence-corrected chi connectivity index (χ4v) is 3.58. The lowest BCUT2D eigenvalue weighted by Gasteiger charge is -2.18. The molecule has 3 heterocycles. The first-order chi connectivity index (χ1) is 12.7. The molecule has 1 aromatic heterocycles. The summed E-state index contributed by atoms with van der Waals surface area (Å²) in [5.41, 5.74) is 2.25. The van der Waals surface area contributed by atoms with Gasteiger partial charge in [-0.1, -0.05) is 18.2 Å². The van der Waals surface area contributed by atoms with Crippen molar-refractivity contribution in [3.8, 4) is 5.75 Å². The summed E-state index contributed by atoms with van der Waals surface area (Å²) in [6.07, 6.45) is 4.38. The molecule has 4 rings (SSSR count). The SMILES string of the molecule is O=C(COc1coc(CN2CCc3ccccc32)cc1=O)N1CCCC1. The molecule has 0 unspecified atom stereocenters. The summed E-state index contributed by atoms with van der Waals surface area (Å²) in [7, 11) is 0. The van der Waals surface area contributed by atoms with Crippen LogP contribution in [0.2, 0.25) is 0 Å². The molecule has 0 bridgehead atoms. The Morgan fingerprint density at radius 1 is 1.15 bits per heavy atom. The number of para-hydroxylation sites is 1. The monoisotopic (exact) mass is 354 g/mol. The molecular formula is C20H22N2O4. The molecule has 0 saturated carbocycles. The fourth-order valence-electron chi connectivity index (χ4n) is 3.58. The molecule has 136 valence electrons. The first-order valence-electron chi connectivity index (χ1n) is 9.06. The minimum atomic E-state index is -0.257. The van der Waals surface area contributed by atoms with E-state index in [1.54, 1.807) is 4.90 Å². The van der Waals surface area contributed by atoms with Crippen LogP contribution < -0.4 is 15.1 Å². The topological polar surface area (TPSA) is 63.0 Å². The van der Waals surface area contributed by atoms with E-state index >= 15 is 0 Å². The Kier molecular flexibility index (Phi) is 4.65. The van der Waals surface area contributed by atoms with Gasteiger partial charge >= 0.3 is 0 Å². The number of carbonyl (C=O) groups is 1. The van der Waals surface area contributed by atoms with E-state index in [0.29, 0.717) is 12.3 Å². The van der Waals surface area contributed by atoms with Gasteiger partial charge in [0.25, 0.3) is 5.91 Å². The number of likely N-dealkylation sites (tertiary alicyclic amines) is 1. The number of hydrogen-bond acceptors (Lipinski definition) is 5. The predicted octanol–water partition coefficient (Wildman–Crippen LogP) is 2.20.